The Balaban J connectivity index is 1.31. The van der Waals surface area contributed by atoms with E-state index in [1.165, 1.54) is 16.7 Å². The zero-order valence-corrected chi connectivity index (χ0v) is 15.4. The molecule has 3 rings (SSSR count). The highest BCUT2D eigenvalue weighted by Crippen LogP contribution is 2.38. The van der Waals surface area contributed by atoms with Crippen LogP contribution in [0, 0.1) is 6.92 Å². The van der Waals surface area contributed by atoms with Gasteiger partial charge in [0.05, 0.1) is 0 Å². The first-order valence-electron chi connectivity index (χ1n) is 9.51. The maximum absolute atomic E-state index is 12.0. The Labute approximate surface area is 156 Å². The molecule has 1 atom stereocenters. The molecule has 1 aliphatic carbocycles. The maximum Gasteiger partial charge on any atom is 0.315 e. The second-order valence-electron chi connectivity index (χ2n) is 7.36. The molecule has 0 aliphatic heterocycles. The zero-order chi connectivity index (χ0) is 18.4. The summed E-state index contributed by atoms with van der Waals surface area (Å²) in [7, 11) is 0. The molecule has 4 N–H and O–H groups in total. The van der Waals surface area contributed by atoms with Gasteiger partial charge < -0.3 is 16.4 Å². The van der Waals surface area contributed by atoms with Crippen LogP contribution in [0.15, 0.2) is 54.6 Å². The van der Waals surface area contributed by atoms with Crippen molar-refractivity contribution in [3.63, 3.8) is 0 Å². The largest absolute Gasteiger partial charge is 0.338 e. The van der Waals surface area contributed by atoms with Gasteiger partial charge in [0.15, 0.2) is 0 Å². The van der Waals surface area contributed by atoms with Crippen LogP contribution < -0.4 is 16.4 Å². The van der Waals surface area contributed by atoms with E-state index in [4.69, 9.17) is 5.73 Å². The standard InChI is InChI=1S/C22H29N3O/c1-16-7-5-6-10-21(16)18-14-20(15-18)25-22(26)24-12-11-19(23)13-17-8-3-2-4-9-17/h2-10,18-20H,11-15,23H2,1H3,(H2,24,25,26). The van der Waals surface area contributed by atoms with Crippen molar-refractivity contribution >= 4 is 6.03 Å². The second kappa shape index (κ2) is 8.86. The average Bonchev–Trinajstić information content (AvgIpc) is 2.59. The quantitative estimate of drug-likeness (QED) is 0.715. The number of hydrogen-bond donors (Lipinski definition) is 3. The van der Waals surface area contributed by atoms with Gasteiger partial charge in [-0.1, -0.05) is 54.6 Å². The molecule has 0 aromatic heterocycles. The molecule has 1 aliphatic rings. The van der Waals surface area contributed by atoms with Gasteiger partial charge in [-0.05, 0) is 55.2 Å². The van der Waals surface area contributed by atoms with Crippen LogP contribution in [-0.2, 0) is 6.42 Å². The van der Waals surface area contributed by atoms with Crippen molar-refractivity contribution < 1.29 is 4.79 Å². The van der Waals surface area contributed by atoms with E-state index in [1.54, 1.807) is 0 Å². The molecule has 1 fully saturated rings. The Morgan fingerprint density at radius 1 is 1.12 bits per heavy atom. The number of benzene rings is 2. The summed E-state index contributed by atoms with van der Waals surface area (Å²) >= 11 is 0. The fraction of sp³-hybridized carbons (Fsp3) is 0.409. The van der Waals surface area contributed by atoms with Gasteiger partial charge in [-0.25, -0.2) is 4.79 Å². The number of rotatable bonds is 7. The fourth-order valence-electron chi connectivity index (χ4n) is 3.66. The molecule has 4 heteroatoms. The van der Waals surface area contributed by atoms with Gasteiger partial charge in [0.1, 0.15) is 0 Å². The lowest BCUT2D eigenvalue weighted by atomic mass is 9.74. The predicted octanol–water partition coefficient (Wildman–Crippen LogP) is 3.50. The van der Waals surface area contributed by atoms with E-state index in [-0.39, 0.29) is 18.1 Å². The van der Waals surface area contributed by atoms with E-state index in [1.807, 2.05) is 18.2 Å². The van der Waals surface area contributed by atoms with Crippen LogP contribution in [0.2, 0.25) is 0 Å². The van der Waals surface area contributed by atoms with Crippen LogP contribution in [0.3, 0.4) is 0 Å². The van der Waals surface area contributed by atoms with Crippen molar-refractivity contribution in [3.8, 4) is 0 Å². The highest BCUT2D eigenvalue weighted by atomic mass is 16.2. The number of aryl methyl sites for hydroxylation is 1. The van der Waals surface area contributed by atoms with Crippen molar-refractivity contribution in [2.45, 2.75) is 50.6 Å². The molecule has 2 amide bonds. The number of urea groups is 1. The third kappa shape index (κ3) is 5.09. The number of nitrogens with two attached hydrogens (primary N) is 1. The summed E-state index contributed by atoms with van der Waals surface area (Å²) in [4.78, 5) is 12.0. The van der Waals surface area contributed by atoms with Gasteiger partial charge in [-0.2, -0.15) is 0 Å². The maximum atomic E-state index is 12.0. The van der Waals surface area contributed by atoms with E-state index >= 15 is 0 Å². The summed E-state index contributed by atoms with van der Waals surface area (Å²) in [6, 6.07) is 19.0. The minimum absolute atomic E-state index is 0.0619. The molecule has 0 radical (unpaired) electrons. The van der Waals surface area contributed by atoms with Crippen molar-refractivity contribution in [2.24, 2.45) is 5.73 Å². The van der Waals surface area contributed by atoms with Crippen LogP contribution in [0.5, 0.6) is 0 Å². The highest BCUT2D eigenvalue weighted by Gasteiger charge is 2.31. The molecule has 1 saturated carbocycles. The molecule has 2 aromatic carbocycles. The third-order valence-corrected chi connectivity index (χ3v) is 5.24. The molecule has 0 saturated heterocycles. The summed E-state index contributed by atoms with van der Waals surface area (Å²) in [5.41, 5.74) is 10.1. The van der Waals surface area contributed by atoms with Gasteiger partial charge in [0.2, 0.25) is 0 Å². The van der Waals surface area contributed by atoms with Gasteiger partial charge >= 0.3 is 6.03 Å². The molecular formula is C22H29N3O. The summed E-state index contributed by atoms with van der Waals surface area (Å²) < 4.78 is 0. The first kappa shape index (κ1) is 18.5. The highest BCUT2D eigenvalue weighted by molar-refractivity contribution is 5.74. The summed E-state index contributed by atoms with van der Waals surface area (Å²) in [5.74, 6) is 0.570. The lowest BCUT2D eigenvalue weighted by Gasteiger charge is -2.37. The van der Waals surface area contributed by atoms with Crippen LogP contribution in [0.1, 0.15) is 41.9 Å². The second-order valence-corrected chi connectivity index (χ2v) is 7.36. The smallest absolute Gasteiger partial charge is 0.315 e. The Kier molecular flexibility index (Phi) is 6.29. The van der Waals surface area contributed by atoms with Gasteiger partial charge in [-0.15, -0.1) is 0 Å². The number of carbonyl (C=O) groups excluding carboxylic acids is 1. The molecule has 2 aromatic rings. The fourth-order valence-corrected chi connectivity index (χ4v) is 3.66. The Morgan fingerprint density at radius 3 is 2.54 bits per heavy atom. The average molecular weight is 351 g/mol. The van der Waals surface area contributed by atoms with Crippen LogP contribution in [-0.4, -0.2) is 24.7 Å². The summed E-state index contributed by atoms with van der Waals surface area (Å²) in [6.07, 6.45) is 3.65. The van der Waals surface area contributed by atoms with Crippen molar-refractivity contribution in [1.29, 1.82) is 0 Å². The minimum Gasteiger partial charge on any atom is -0.338 e. The Bertz CT molecular complexity index is 710. The molecule has 0 bridgehead atoms. The number of hydrogen-bond acceptors (Lipinski definition) is 2. The molecule has 1 unspecified atom stereocenters. The first-order valence-corrected chi connectivity index (χ1v) is 9.51. The topological polar surface area (TPSA) is 67.2 Å². The number of nitrogens with one attached hydrogen (secondary N) is 2. The number of amides is 2. The van der Waals surface area contributed by atoms with Crippen LogP contribution in [0.4, 0.5) is 4.79 Å². The molecule has 4 nitrogen and oxygen atoms in total. The van der Waals surface area contributed by atoms with E-state index in [9.17, 15) is 4.79 Å². The van der Waals surface area contributed by atoms with E-state index in [0.29, 0.717) is 12.5 Å². The van der Waals surface area contributed by atoms with E-state index in [2.05, 4.69) is 54.0 Å². The van der Waals surface area contributed by atoms with Gasteiger partial charge in [0, 0.05) is 18.6 Å². The van der Waals surface area contributed by atoms with Crippen molar-refractivity contribution in [3.05, 3.63) is 71.3 Å². The summed E-state index contributed by atoms with van der Waals surface area (Å²) in [6.45, 7) is 2.76. The van der Waals surface area contributed by atoms with Gasteiger partial charge in [-0.3, -0.25) is 0 Å². The monoisotopic (exact) mass is 351 g/mol. The number of carbonyl (C=O) groups is 1. The SMILES string of the molecule is Cc1ccccc1C1CC(NC(=O)NCCC(N)Cc2ccccc2)C1. The summed E-state index contributed by atoms with van der Waals surface area (Å²) in [5, 5.41) is 6.00. The molecule has 0 spiro atoms. The van der Waals surface area contributed by atoms with Crippen LogP contribution in [0.25, 0.3) is 0 Å². The van der Waals surface area contributed by atoms with E-state index in [0.717, 1.165) is 25.7 Å². The Hall–Kier alpha value is -2.33. The van der Waals surface area contributed by atoms with Crippen molar-refractivity contribution in [2.75, 3.05) is 6.54 Å². The van der Waals surface area contributed by atoms with Gasteiger partial charge in [0.25, 0.3) is 0 Å². The zero-order valence-electron chi connectivity index (χ0n) is 15.4. The lowest BCUT2D eigenvalue weighted by molar-refractivity contribution is 0.222. The molecular weight excluding hydrogens is 322 g/mol. The van der Waals surface area contributed by atoms with E-state index < -0.39 is 0 Å². The first-order chi connectivity index (χ1) is 12.6. The third-order valence-electron chi connectivity index (χ3n) is 5.24. The molecule has 138 valence electrons. The van der Waals surface area contributed by atoms with Crippen molar-refractivity contribution in [1.82, 2.24) is 10.6 Å². The van der Waals surface area contributed by atoms with Crippen LogP contribution >= 0.6 is 0 Å². The predicted molar refractivity (Wildman–Crippen MR) is 106 cm³/mol. The normalized spacial score (nSPS) is 20.1. The minimum atomic E-state index is -0.0786. The lowest BCUT2D eigenvalue weighted by Crippen LogP contribution is -2.48. The molecule has 26 heavy (non-hydrogen) atoms. The Morgan fingerprint density at radius 2 is 1.81 bits per heavy atom. The molecule has 0 heterocycles.